The Hall–Kier alpha value is -1.68. The van der Waals surface area contributed by atoms with Crippen LogP contribution in [0.25, 0.3) is 10.9 Å². The third-order valence-electron chi connectivity index (χ3n) is 1.91. The number of rotatable bonds is 1. The summed E-state index contributed by atoms with van der Waals surface area (Å²) in [5.74, 6) is 0. The molecule has 1 aromatic heterocycles. The predicted octanol–water partition coefficient (Wildman–Crippen LogP) is 2.55. The summed E-state index contributed by atoms with van der Waals surface area (Å²) in [4.78, 5) is 10.4. The van der Waals surface area contributed by atoms with E-state index in [0.29, 0.717) is 5.56 Å². The van der Waals surface area contributed by atoms with Crippen LogP contribution in [0.1, 0.15) is 29.9 Å². The van der Waals surface area contributed by atoms with Crippen LogP contribution in [0.5, 0.6) is 0 Å². The second-order valence-corrected chi connectivity index (χ2v) is 3.24. The maximum atomic E-state index is 10.4. The van der Waals surface area contributed by atoms with Crippen LogP contribution in [0.4, 0.5) is 0 Å². The molecule has 2 aromatic rings. The number of nitrogens with one attached hydrogen (secondary N) is 2. The van der Waals surface area contributed by atoms with E-state index in [1.807, 2.05) is 40.9 Å². The van der Waals surface area contributed by atoms with Crippen LogP contribution in [-0.4, -0.2) is 30.6 Å². The van der Waals surface area contributed by atoms with Crippen LogP contribution < -0.4 is 5.32 Å². The molecule has 0 saturated heterocycles. The first kappa shape index (κ1) is 15.3. The molecule has 2 rings (SSSR count). The number of hydrogen-bond donors (Lipinski definition) is 2. The minimum Gasteiger partial charge on any atom is -0.323 e. The van der Waals surface area contributed by atoms with Gasteiger partial charge in [0.25, 0.3) is 0 Å². The van der Waals surface area contributed by atoms with E-state index in [4.69, 9.17) is 0 Å². The lowest BCUT2D eigenvalue weighted by molar-refractivity contribution is 0.112. The predicted molar refractivity (Wildman–Crippen MR) is 72.5 cm³/mol. The van der Waals surface area contributed by atoms with E-state index < -0.39 is 0 Å². The summed E-state index contributed by atoms with van der Waals surface area (Å²) in [6, 6.07) is 5.46. The first-order valence-electron chi connectivity index (χ1n) is 5.71. The van der Waals surface area contributed by atoms with Gasteiger partial charge in [-0.25, -0.2) is 0 Å². The minimum atomic E-state index is 0.661. The summed E-state index contributed by atoms with van der Waals surface area (Å²) >= 11 is 0. The van der Waals surface area contributed by atoms with Crippen LogP contribution in [0.3, 0.4) is 0 Å². The Morgan fingerprint density at radius 1 is 1.29 bits per heavy atom. The van der Waals surface area contributed by atoms with E-state index in [0.717, 1.165) is 22.9 Å². The van der Waals surface area contributed by atoms with Gasteiger partial charge in [0.1, 0.15) is 6.29 Å². The highest BCUT2D eigenvalue weighted by atomic mass is 16.1. The van der Waals surface area contributed by atoms with Crippen molar-refractivity contribution in [2.24, 2.45) is 0 Å². The van der Waals surface area contributed by atoms with E-state index in [2.05, 4.69) is 15.5 Å². The third-order valence-corrected chi connectivity index (χ3v) is 1.91. The molecule has 1 aromatic carbocycles. The Bertz CT molecular complexity index is 449. The van der Waals surface area contributed by atoms with Crippen molar-refractivity contribution in [1.29, 1.82) is 0 Å². The maximum Gasteiger partial charge on any atom is 0.150 e. The summed E-state index contributed by atoms with van der Waals surface area (Å²) in [5, 5.41) is 10.7. The maximum absolute atomic E-state index is 10.4. The van der Waals surface area contributed by atoms with Crippen molar-refractivity contribution in [2.75, 3.05) is 14.1 Å². The molecule has 0 spiro atoms. The molecule has 0 bridgehead atoms. The van der Waals surface area contributed by atoms with Gasteiger partial charge in [-0.15, -0.1) is 0 Å². The number of carbonyl (C=O) groups excluding carboxylic acids is 1. The molecule has 0 atom stereocenters. The molecule has 0 fully saturated rings. The lowest BCUT2D eigenvalue weighted by Crippen LogP contribution is -1.89. The average Bonchev–Trinajstić information content (AvgIpc) is 2.74. The number of H-pyrrole nitrogens is 1. The molecule has 0 aliphatic carbocycles. The lowest BCUT2D eigenvalue weighted by Gasteiger charge is -1.89. The van der Waals surface area contributed by atoms with Crippen LogP contribution >= 0.6 is 0 Å². The van der Waals surface area contributed by atoms with E-state index in [1.54, 1.807) is 12.1 Å². The van der Waals surface area contributed by atoms with Gasteiger partial charge in [0.05, 0.1) is 5.52 Å². The van der Waals surface area contributed by atoms with Crippen molar-refractivity contribution in [3.05, 3.63) is 29.5 Å². The highest BCUT2D eigenvalue weighted by Crippen LogP contribution is 2.15. The molecule has 0 amide bonds. The fourth-order valence-corrected chi connectivity index (χ4v) is 1.24. The molecule has 4 nitrogen and oxygen atoms in total. The first-order chi connectivity index (χ1) is 8.22. The number of aromatic nitrogens is 2. The summed E-state index contributed by atoms with van der Waals surface area (Å²) in [7, 11) is 3.75. The zero-order chi connectivity index (χ0) is 13.3. The Balaban J connectivity index is 0.000000450. The zero-order valence-corrected chi connectivity index (χ0v) is 11.2. The molecule has 94 valence electrons. The monoisotopic (exact) mass is 235 g/mol. The number of fused-ring (bicyclic) bond motifs is 1. The lowest BCUT2D eigenvalue weighted by atomic mass is 10.1. The highest BCUT2D eigenvalue weighted by molar-refractivity contribution is 5.87. The van der Waals surface area contributed by atoms with Crippen molar-refractivity contribution in [3.63, 3.8) is 0 Å². The van der Waals surface area contributed by atoms with Gasteiger partial charge in [-0.3, -0.25) is 9.89 Å². The largest absolute Gasteiger partial charge is 0.323 e. The topological polar surface area (TPSA) is 57.8 Å². The van der Waals surface area contributed by atoms with Crippen molar-refractivity contribution >= 4 is 17.2 Å². The van der Waals surface area contributed by atoms with Crippen LogP contribution in [-0.2, 0) is 0 Å². The summed E-state index contributed by atoms with van der Waals surface area (Å²) < 4.78 is 0. The number of carbonyl (C=O) groups is 1. The molecule has 17 heavy (non-hydrogen) atoms. The molecule has 0 radical (unpaired) electrons. The third kappa shape index (κ3) is 4.36. The van der Waals surface area contributed by atoms with E-state index >= 15 is 0 Å². The summed E-state index contributed by atoms with van der Waals surface area (Å²) in [6.45, 7) is 5.95. The van der Waals surface area contributed by atoms with Gasteiger partial charge in [-0.05, 0) is 27.1 Å². The Morgan fingerprint density at radius 2 is 1.88 bits per heavy atom. The molecule has 1 heterocycles. The minimum absolute atomic E-state index is 0.661. The Morgan fingerprint density at radius 3 is 2.41 bits per heavy atom. The van der Waals surface area contributed by atoms with Crippen molar-refractivity contribution in [3.8, 4) is 0 Å². The van der Waals surface area contributed by atoms with Crippen molar-refractivity contribution in [1.82, 2.24) is 15.5 Å². The second-order valence-electron chi connectivity index (χ2n) is 3.24. The van der Waals surface area contributed by atoms with Crippen LogP contribution in [0.15, 0.2) is 18.2 Å². The Labute approximate surface area is 102 Å². The fourth-order valence-electron chi connectivity index (χ4n) is 1.24. The Kier molecular flexibility index (Phi) is 7.63. The smallest absolute Gasteiger partial charge is 0.150 e. The van der Waals surface area contributed by atoms with E-state index in [9.17, 15) is 4.79 Å². The summed E-state index contributed by atoms with van der Waals surface area (Å²) in [6.07, 6.45) is 0.823. The molecule has 2 N–H and O–H groups in total. The van der Waals surface area contributed by atoms with Crippen LogP contribution in [0.2, 0.25) is 0 Å². The number of aromatic amines is 1. The quantitative estimate of drug-likeness (QED) is 0.747. The first-order valence-corrected chi connectivity index (χ1v) is 5.71. The molecular formula is C13H21N3O. The number of aryl methyl sites for hydroxylation is 1. The highest BCUT2D eigenvalue weighted by Gasteiger charge is 2.00. The molecule has 0 unspecified atom stereocenters. The zero-order valence-electron chi connectivity index (χ0n) is 11.2. The molecule has 4 heteroatoms. The van der Waals surface area contributed by atoms with Crippen molar-refractivity contribution in [2.45, 2.75) is 20.8 Å². The summed E-state index contributed by atoms with van der Waals surface area (Å²) in [5.41, 5.74) is 2.54. The number of hydrogen-bond acceptors (Lipinski definition) is 3. The van der Waals surface area contributed by atoms with Gasteiger partial charge in [0.15, 0.2) is 0 Å². The average molecular weight is 235 g/mol. The number of nitrogens with zero attached hydrogens (tertiary/aromatic N) is 1. The normalized spacial score (nSPS) is 8.76. The molecule has 0 aliphatic heterocycles. The number of benzene rings is 1. The fraction of sp³-hybridized carbons (Fsp3) is 0.385. The van der Waals surface area contributed by atoms with E-state index in [-0.39, 0.29) is 0 Å². The van der Waals surface area contributed by atoms with Gasteiger partial charge in [0.2, 0.25) is 0 Å². The molecule has 0 saturated carbocycles. The number of aldehydes is 1. The molecular weight excluding hydrogens is 214 g/mol. The van der Waals surface area contributed by atoms with Crippen LogP contribution in [0, 0.1) is 6.92 Å². The van der Waals surface area contributed by atoms with Crippen molar-refractivity contribution < 1.29 is 4.79 Å². The standard InChI is InChI=1S/C9H8N2O.C2H7N.C2H6/c1-6-8-3-2-7(5-12)4-9(8)11-10-6;1-3-2;1-2/h2-5H,1H3,(H,10,11);3H,1-2H3;1-2H3. The van der Waals surface area contributed by atoms with Gasteiger partial charge in [-0.1, -0.05) is 26.0 Å². The van der Waals surface area contributed by atoms with Gasteiger partial charge in [0, 0.05) is 16.6 Å². The van der Waals surface area contributed by atoms with E-state index in [1.165, 1.54) is 0 Å². The van der Waals surface area contributed by atoms with Gasteiger partial charge in [-0.2, -0.15) is 5.10 Å². The SMILES string of the molecule is CC.CNC.Cc1[nH]nc2cc(C=O)ccc12. The second kappa shape index (κ2) is 8.47. The molecule has 0 aliphatic rings. The van der Waals surface area contributed by atoms with Gasteiger partial charge >= 0.3 is 0 Å². The van der Waals surface area contributed by atoms with Gasteiger partial charge < -0.3 is 5.32 Å².